The Hall–Kier alpha value is -0.970. The first-order chi connectivity index (χ1) is 5.25. The molecule has 0 saturated carbocycles. The molecule has 11 heavy (non-hydrogen) atoms. The molecule has 0 aliphatic heterocycles. The highest BCUT2D eigenvalue weighted by atomic mass is 15.5. The van der Waals surface area contributed by atoms with Crippen LogP contribution in [0.1, 0.15) is 32.1 Å². The topological polar surface area (TPSA) is 80.5 Å². The number of H-pyrrole nitrogens is 1. The van der Waals surface area contributed by atoms with Crippen molar-refractivity contribution in [3.63, 3.8) is 0 Å². The van der Waals surface area contributed by atoms with Crippen molar-refractivity contribution < 1.29 is 0 Å². The molecule has 0 amide bonds. The monoisotopic (exact) mass is 155 g/mol. The summed E-state index contributed by atoms with van der Waals surface area (Å²) < 4.78 is 0. The highest BCUT2D eigenvalue weighted by Crippen LogP contribution is 2.16. The van der Waals surface area contributed by atoms with Gasteiger partial charge >= 0.3 is 0 Å². The maximum Gasteiger partial charge on any atom is 0.191 e. The second-order valence-electron chi connectivity index (χ2n) is 2.68. The normalized spacial score (nSPS) is 16.3. The van der Waals surface area contributed by atoms with E-state index in [0.29, 0.717) is 11.7 Å². The van der Waals surface area contributed by atoms with Gasteiger partial charge in [-0.05, 0) is 5.92 Å². The molecule has 0 spiro atoms. The Morgan fingerprint density at radius 1 is 1.64 bits per heavy atom. The first kappa shape index (κ1) is 8.13. The second-order valence-corrected chi connectivity index (χ2v) is 2.68. The minimum absolute atomic E-state index is 0.0984. The molecule has 3 N–H and O–H groups in total. The van der Waals surface area contributed by atoms with Crippen LogP contribution in [-0.2, 0) is 0 Å². The van der Waals surface area contributed by atoms with Gasteiger partial charge in [0.2, 0.25) is 0 Å². The van der Waals surface area contributed by atoms with Crippen molar-refractivity contribution in [3.8, 4) is 0 Å². The lowest BCUT2D eigenvalue weighted by Gasteiger charge is -2.13. The summed E-state index contributed by atoms with van der Waals surface area (Å²) in [6.07, 6.45) is 1.02. The fourth-order valence-corrected chi connectivity index (χ4v) is 0.819. The molecule has 5 nitrogen and oxygen atoms in total. The summed E-state index contributed by atoms with van der Waals surface area (Å²) in [5.74, 6) is 0.993. The summed E-state index contributed by atoms with van der Waals surface area (Å²) >= 11 is 0. The van der Waals surface area contributed by atoms with Crippen LogP contribution in [0.25, 0.3) is 0 Å². The minimum Gasteiger partial charge on any atom is -0.321 e. The molecule has 1 aromatic heterocycles. The molecule has 0 aromatic carbocycles. The Labute approximate surface area is 65.4 Å². The maximum absolute atomic E-state index is 5.81. The van der Waals surface area contributed by atoms with Crippen molar-refractivity contribution >= 4 is 0 Å². The number of nitrogens with two attached hydrogens (primary N) is 1. The molecule has 0 bridgehead atoms. The van der Waals surface area contributed by atoms with Gasteiger partial charge in [-0.2, -0.15) is 5.21 Å². The van der Waals surface area contributed by atoms with E-state index in [0.717, 1.165) is 6.42 Å². The van der Waals surface area contributed by atoms with E-state index in [9.17, 15) is 0 Å². The van der Waals surface area contributed by atoms with Crippen molar-refractivity contribution in [1.29, 1.82) is 0 Å². The quantitative estimate of drug-likeness (QED) is 0.655. The van der Waals surface area contributed by atoms with Crippen LogP contribution in [0.2, 0.25) is 0 Å². The fourth-order valence-electron chi connectivity index (χ4n) is 0.819. The van der Waals surface area contributed by atoms with E-state index in [2.05, 4.69) is 34.5 Å². The van der Waals surface area contributed by atoms with Gasteiger partial charge in [0, 0.05) is 0 Å². The van der Waals surface area contributed by atoms with E-state index in [4.69, 9.17) is 5.73 Å². The number of nitrogens with one attached hydrogen (secondary N) is 1. The van der Waals surface area contributed by atoms with Crippen molar-refractivity contribution in [2.24, 2.45) is 11.7 Å². The first-order valence-electron chi connectivity index (χ1n) is 3.74. The summed E-state index contributed by atoms with van der Waals surface area (Å²) in [5.41, 5.74) is 5.81. The highest BCUT2D eigenvalue weighted by molar-refractivity contribution is 4.88. The molecular formula is C6H13N5. The van der Waals surface area contributed by atoms with Gasteiger partial charge in [0.25, 0.3) is 0 Å². The zero-order valence-corrected chi connectivity index (χ0v) is 6.78. The molecular weight excluding hydrogens is 142 g/mol. The van der Waals surface area contributed by atoms with E-state index in [-0.39, 0.29) is 6.04 Å². The van der Waals surface area contributed by atoms with Gasteiger partial charge < -0.3 is 5.73 Å². The summed E-state index contributed by atoms with van der Waals surface area (Å²) in [5, 5.41) is 13.4. The second kappa shape index (κ2) is 3.43. The van der Waals surface area contributed by atoms with Crippen molar-refractivity contribution in [1.82, 2.24) is 20.6 Å². The van der Waals surface area contributed by atoms with Crippen molar-refractivity contribution in [2.75, 3.05) is 0 Å². The average molecular weight is 155 g/mol. The van der Waals surface area contributed by atoms with Crippen LogP contribution in [0.3, 0.4) is 0 Å². The third-order valence-corrected chi connectivity index (χ3v) is 1.92. The molecule has 0 aliphatic rings. The average Bonchev–Trinajstić information content (AvgIpc) is 2.53. The Morgan fingerprint density at radius 2 is 2.36 bits per heavy atom. The smallest absolute Gasteiger partial charge is 0.191 e. The number of nitrogens with zero attached hydrogens (tertiary/aromatic N) is 3. The minimum atomic E-state index is -0.0984. The molecule has 1 heterocycles. The van der Waals surface area contributed by atoms with Crippen molar-refractivity contribution in [3.05, 3.63) is 5.82 Å². The van der Waals surface area contributed by atoms with Gasteiger partial charge in [-0.15, -0.1) is 10.2 Å². The molecule has 0 fully saturated rings. The molecule has 0 radical (unpaired) electrons. The van der Waals surface area contributed by atoms with Crippen LogP contribution in [0.15, 0.2) is 0 Å². The van der Waals surface area contributed by atoms with Gasteiger partial charge in [-0.3, -0.25) is 0 Å². The Kier molecular flexibility index (Phi) is 2.53. The van der Waals surface area contributed by atoms with Crippen LogP contribution in [0, 0.1) is 5.92 Å². The number of hydrogen-bond donors (Lipinski definition) is 2. The summed E-state index contributed by atoms with van der Waals surface area (Å²) in [6.45, 7) is 4.16. The fraction of sp³-hybridized carbons (Fsp3) is 0.833. The lowest BCUT2D eigenvalue weighted by atomic mass is 10.00. The Balaban J connectivity index is 2.62. The van der Waals surface area contributed by atoms with Gasteiger partial charge in [0.15, 0.2) is 5.82 Å². The lowest BCUT2D eigenvalue weighted by Crippen LogP contribution is -2.19. The van der Waals surface area contributed by atoms with Crippen LogP contribution in [0.5, 0.6) is 0 Å². The van der Waals surface area contributed by atoms with Crippen molar-refractivity contribution in [2.45, 2.75) is 26.3 Å². The first-order valence-corrected chi connectivity index (χ1v) is 3.74. The summed E-state index contributed by atoms with van der Waals surface area (Å²) in [4.78, 5) is 0. The molecule has 1 rings (SSSR count). The molecule has 1 aromatic rings. The number of hydrogen-bond acceptors (Lipinski definition) is 4. The number of aromatic nitrogens is 4. The molecule has 2 unspecified atom stereocenters. The largest absolute Gasteiger partial charge is 0.321 e. The predicted molar refractivity (Wildman–Crippen MR) is 40.6 cm³/mol. The summed E-state index contributed by atoms with van der Waals surface area (Å²) in [7, 11) is 0. The van der Waals surface area contributed by atoms with Gasteiger partial charge in [0.05, 0.1) is 6.04 Å². The molecule has 0 saturated heterocycles. The van der Waals surface area contributed by atoms with Crippen LogP contribution < -0.4 is 5.73 Å². The maximum atomic E-state index is 5.81. The van der Waals surface area contributed by atoms with E-state index in [1.165, 1.54) is 0 Å². The Bertz CT molecular complexity index is 195. The van der Waals surface area contributed by atoms with E-state index in [1.54, 1.807) is 0 Å². The number of tetrazole rings is 1. The molecule has 0 aliphatic carbocycles. The number of rotatable bonds is 3. The standard InChI is InChI=1S/C6H13N5/c1-3-4(2)5(7)6-8-10-11-9-6/h4-5H,3,7H2,1-2H3,(H,8,9,10,11). The van der Waals surface area contributed by atoms with E-state index >= 15 is 0 Å². The van der Waals surface area contributed by atoms with E-state index < -0.39 is 0 Å². The van der Waals surface area contributed by atoms with Crippen LogP contribution in [0.4, 0.5) is 0 Å². The third kappa shape index (κ3) is 1.74. The highest BCUT2D eigenvalue weighted by Gasteiger charge is 2.16. The van der Waals surface area contributed by atoms with Gasteiger partial charge in [0.1, 0.15) is 0 Å². The van der Waals surface area contributed by atoms with Crippen LogP contribution >= 0.6 is 0 Å². The number of aromatic amines is 1. The van der Waals surface area contributed by atoms with Gasteiger partial charge in [-0.1, -0.05) is 25.5 Å². The predicted octanol–water partition coefficient (Wildman–Crippen LogP) is 0.246. The SMILES string of the molecule is CCC(C)C(N)c1nn[nH]n1. The third-order valence-electron chi connectivity index (χ3n) is 1.92. The van der Waals surface area contributed by atoms with Crippen LogP contribution in [-0.4, -0.2) is 20.6 Å². The zero-order valence-electron chi connectivity index (χ0n) is 6.78. The zero-order chi connectivity index (χ0) is 8.27. The van der Waals surface area contributed by atoms with E-state index in [1.807, 2.05) is 0 Å². The van der Waals surface area contributed by atoms with Gasteiger partial charge in [-0.25, -0.2) is 0 Å². The lowest BCUT2D eigenvalue weighted by molar-refractivity contribution is 0.439. The molecule has 2 atom stereocenters. The molecule has 62 valence electrons. The molecule has 5 heteroatoms. The summed E-state index contributed by atoms with van der Waals surface area (Å²) in [6, 6.07) is -0.0984. The Morgan fingerprint density at radius 3 is 2.82 bits per heavy atom.